The van der Waals surface area contributed by atoms with E-state index in [9.17, 15) is 4.79 Å². The molecule has 0 fully saturated rings. The molecule has 4 heteroatoms. The minimum atomic E-state index is -0.231. The van der Waals surface area contributed by atoms with Crippen LogP contribution in [0.4, 0.5) is 0 Å². The van der Waals surface area contributed by atoms with Gasteiger partial charge >= 0.3 is 0 Å². The van der Waals surface area contributed by atoms with Gasteiger partial charge in [-0.25, -0.2) is 0 Å². The molecule has 4 rings (SSSR count). The smallest absolute Gasteiger partial charge is 0.287 e. The molecule has 4 nitrogen and oxygen atoms in total. The molecule has 4 aromatic rings. The lowest BCUT2D eigenvalue weighted by Crippen LogP contribution is -2.29. The van der Waals surface area contributed by atoms with Gasteiger partial charge in [0.1, 0.15) is 5.58 Å². The summed E-state index contributed by atoms with van der Waals surface area (Å²) < 4.78 is 11.2. The monoisotopic (exact) mass is 385 g/mol. The predicted octanol–water partition coefficient (Wildman–Crippen LogP) is 5.14. The highest BCUT2D eigenvalue weighted by Crippen LogP contribution is 2.27. The van der Waals surface area contributed by atoms with Crippen LogP contribution in [0.1, 0.15) is 33.2 Å². The summed E-state index contributed by atoms with van der Waals surface area (Å²) in [5.41, 5.74) is 3.77. The minimum Gasteiger partial charge on any atom is -0.451 e. The van der Waals surface area contributed by atoms with Crippen molar-refractivity contribution >= 4 is 16.9 Å². The van der Waals surface area contributed by atoms with E-state index in [0.29, 0.717) is 24.5 Å². The highest BCUT2D eigenvalue weighted by molar-refractivity contribution is 5.99. The minimum absolute atomic E-state index is 0.0524. The van der Waals surface area contributed by atoms with E-state index >= 15 is 0 Å². The van der Waals surface area contributed by atoms with E-state index in [1.807, 2.05) is 60.7 Å². The first kappa shape index (κ1) is 19.0. The zero-order chi connectivity index (χ0) is 20.1. The van der Waals surface area contributed by atoms with Gasteiger partial charge in [-0.1, -0.05) is 78.9 Å². The number of benzene rings is 3. The van der Waals surface area contributed by atoms with Crippen molar-refractivity contribution in [3.63, 3.8) is 0 Å². The number of fused-ring (bicyclic) bond motifs is 1. The fourth-order valence-corrected chi connectivity index (χ4v) is 3.64. The summed E-state index contributed by atoms with van der Waals surface area (Å²) in [6.45, 7) is 0.789. The second-order valence-electron chi connectivity index (χ2n) is 6.92. The molecule has 1 aromatic heterocycles. The van der Waals surface area contributed by atoms with Crippen molar-refractivity contribution in [1.82, 2.24) is 5.32 Å². The van der Waals surface area contributed by atoms with Gasteiger partial charge in [-0.15, -0.1) is 0 Å². The Kier molecular flexibility index (Phi) is 5.73. The van der Waals surface area contributed by atoms with E-state index in [-0.39, 0.29) is 11.8 Å². The first-order chi connectivity index (χ1) is 14.3. The molecule has 0 aliphatic heterocycles. The molecule has 0 radical (unpaired) electrons. The van der Waals surface area contributed by atoms with Gasteiger partial charge in [-0.3, -0.25) is 4.79 Å². The molecular weight excluding hydrogens is 362 g/mol. The molecule has 146 valence electrons. The van der Waals surface area contributed by atoms with Gasteiger partial charge < -0.3 is 14.5 Å². The summed E-state index contributed by atoms with van der Waals surface area (Å²) in [5, 5.41) is 3.97. The molecule has 1 amide bonds. The third-order valence-corrected chi connectivity index (χ3v) is 5.06. The number of amides is 1. The fraction of sp³-hybridized carbons (Fsp3) is 0.160. The molecule has 0 saturated heterocycles. The summed E-state index contributed by atoms with van der Waals surface area (Å²) in [6.07, 6.45) is 0. The zero-order valence-electron chi connectivity index (χ0n) is 16.3. The molecule has 0 bridgehead atoms. The zero-order valence-corrected chi connectivity index (χ0v) is 16.3. The SMILES string of the molecule is COCc1c(C(=O)NCC(c2ccccc2)c2ccccc2)oc2ccccc12. The van der Waals surface area contributed by atoms with Crippen LogP contribution in [0.2, 0.25) is 0 Å². The Balaban J connectivity index is 1.60. The Labute approximate surface area is 170 Å². The normalized spacial score (nSPS) is 11.1. The largest absolute Gasteiger partial charge is 0.451 e. The third-order valence-electron chi connectivity index (χ3n) is 5.06. The second kappa shape index (κ2) is 8.76. The third kappa shape index (κ3) is 4.08. The molecular formula is C25H23NO3. The molecule has 0 aliphatic rings. The number of carbonyl (C=O) groups excluding carboxylic acids is 1. The number of furan rings is 1. The number of nitrogens with one attached hydrogen (secondary N) is 1. The number of hydrogen-bond donors (Lipinski definition) is 1. The molecule has 3 aromatic carbocycles. The summed E-state index contributed by atoms with van der Waals surface area (Å²) in [4.78, 5) is 13.0. The molecule has 0 saturated carbocycles. The van der Waals surface area contributed by atoms with Crippen molar-refractivity contribution in [2.45, 2.75) is 12.5 Å². The van der Waals surface area contributed by atoms with Crippen LogP contribution in [0.15, 0.2) is 89.3 Å². The number of ether oxygens (including phenoxy) is 1. The average Bonchev–Trinajstić information content (AvgIpc) is 3.14. The van der Waals surface area contributed by atoms with Crippen LogP contribution in [0.5, 0.6) is 0 Å². The van der Waals surface area contributed by atoms with E-state index in [4.69, 9.17) is 9.15 Å². The van der Waals surface area contributed by atoms with Crippen LogP contribution < -0.4 is 5.32 Å². The van der Waals surface area contributed by atoms with Gasteiger partial charge in [0.2, 0.25) is 0 Å². The number of methoxy groups -OCH3 is 1. The standard InChI is InChI=1S/C25H23NO3/c1-28-17-22-20-14-8-9-15-23(20)29-24(22)25(27)26-16-21(18-10-4-2-5-11-18)19-12-6-3-7-13-19/h2-15,21H,16-17H2,1H3,(H,26,27). The maximum atomic E-state index is 13.0. The van der Waals surface area contributed by atoms with Crippen molar-refractivity contribution in [2.75, 3.05) is 13.7 Å². The van der Waals surface area contributed by atoms with E-state index in [1.165, 1.54) is 0 Å². The molecule has 0 spiro atoms. The van der Waals surface area contributed by atoms with Gasteiger partial charge in [0.05, 0.1) is 6.61 Å². The van der Waals surface area contributed by atoms with Gasteiger partial charge in [0, 0.05) is 30.5 Å². The van der Waals surface area contributed by atoms with E-state index in [1.54, 1.807) is 7.11 Å². The number of carbonyl (C=O) groups is 1. The van der Waals surface area contributed by atoms with Gasteiger partial charge in [0.15, 0.2) is 5.76 Å². The van der Waals surface area contributed by atoms with E-state index < -0.39 is 0 Å². The molecule has 1 heterocycles. The van der Waals surface area contributed by atoms with Crippen LogP contribution in [0, 0.1) is 0 Å². The van der Waals surface area contributed by atoms with E-state index in [2.05, 4.69) is 29.6 Å². The first-order valence-electron chi connectivity index (χ1n) is 9.65. The Hall–Kier alpha value is -3.37. The fourth-order valence-electron chi connectivity index (χ4n) is 3.64. The molecule has 1 N–H and O–H groups in total. The maximum Gasteiger partial charge on any atom is 0.287 e. The topological polar surface area (TPSA) is 51.5 Å². The van der Waals surface area contributed by atoms with Crippen LogP contribution >= 0.6 is 0 Å². The number of para-hydroxylation sites is 1. The second-order valence-corrected chi connectivity index (χ2v) is 6.92. The first-order valence-corrected chi connectivity index (χ1v) is 9.65. The summed E-state index contributed by atoms with van der Waals surface area (Å²) in [5.74, 6) is 0.134. The Bertz CT molecular complexity index is 1050. The molecule has 0 aliphatic carbocycles. The molecule has 0 atom stereocenters. The summed E-state index contributed by atoms with van der Waals surface area (Å²) in [6, 6.07) is 28.0. The molecule has 29 heavy (non-hydrogen) atoms. The summed E-state index contributed by atoms with van der Waals surface area (Å²) >= 11 is 0. The number of rotatable bonds is 7. The highest BCUT2D eigenvalue weighted by Gasteiger charge is 2.22. The van der Waals surface area contributed by atoms with Crippen LogP contribution in [0.3, 0.4) is 0 Å². The van der Waals surface area contributed by atoms with Crippen molar-refractivity contribution < 1.29 is 13.9 Å². The lowest BCUT2D eigenvalue weighted by atomic mass is 9.91. The van der Waals surface area contributed by atoms with Crippen LogP contribution in [-0.4, -0.2) is 19.6 Å². The summed E-state index contributed by atoms with van der Waals surface area (Å²) in [7, 11) is 1.62. The van der Waals surface area contributed by atoms with Crippen molar-refractivity contribution in [3.8, 4) is 0 Å². The van der Waals surface area contributed by atoms with Crippen LogP contribution in [-0.2, 0) is 11.3 Å². The highest BCUT2D eigenvalue weighted by atomic mass is 16.5. The quantitative estimate of drug-likeness (QED) is 0.479. The Morgan fingerprint density at radius 2 is 1.48 bits per heavy atom. The Morgan fingerprint density at radius 3 is 2.10 bits per heavy atom. The van der Waals surface area contributed by atoms with Crippen LogP contribution in [0.25, 0.3) is 11.0 Å². The maximum absolute atomic E-state index is 13.0. The lowest BCUT2D eigenvalue weighted by molar-refractivity contribution is 0.0920. The molecule has 0 unspecified atom stereocenters. The predicted molar refractivity (Wildman–Crippen MR) is 114 cm³/mol. The lowest BCUT2D eigenvalue weighted by Gasteiger charge is -2.18. The Morgan fingerprint density at radius 1 is 0.897 bits per heavy atom. The van der Waals surface area contributed by atoms with Gasteiger partial charge in [-0.05, 0) is 17.2 Å². The average molecular weight is 385 g/mol. The van der Waals surface area contributed by atoms with Crippen molar-refractivity contribution in [3.05, 3.63) is 107 Å². The van der Waals surface area contributed by atoms with Gasteiger partial charge in [-0.2, -0.15) is 0 Å². The van der Waals surface area contributed by atoms with E-state index in [0.717, 1.165) is 22.1 Å². The number of hydrogen-bond acceptors (Lipinski definition) is 3. The van der Waals surface area contributed by atoms with Crippen molar-refractivity contribution in [1.29, 1.82) is 0 Å². The van der Waals surface area contributed by atoms with Crippen molar-refractivity contribution in [2.24, 2.45) is 0 Å². The van der Waals surface area contributed by atoms with Gasteiger partial charge in [0.25, 0.3) is 5.91 Å².